The van der Waals surface area contributed by atoms with Gasteiger partial charge in [0.1, 0.15) is 6.54 Å². The minimum absolute atomic E-state index is 0.0467. The first-order valence-corrected chi connectivity index (χ1v) is 12.4. The van der Waals surface area contributed by atoms with Crippen LogP contribution in [-0.2, 0) is 4.79 Å². The number of unbranched alkanes of at least 4 members (excludes halogenated alkanes) is 10. The molecule has 1 amide bonds. The first kappa shape index (κ1) is 25.9. The number of hydrogen-bond donors (Lipinski definition) is 1. The number of nitrogens with zero attached hydrogens (tertiary/aromatic N) is 2. The number of rotatable bonds is 17. The summed E-state index contributed by atoms with van der Waals surface area (Å²) in [5.41, 5.74) is 0. The standard InChI is InChI=1S/C25H47N3O/c1-5-7-8-9-10-11-12-13-14-15-16-17-18-19-20-25-26-21-22-28(25,6-2)23(3)27-24(4)29/h17-18,21,23,25H,5-16,19-20,22H2,1-4H3/p+1/b18-17+. The zero-order valence-corrected chi connectivity index (χ0v) is 19.8. The fourth-order valence-corrected chi connectivity index (χ4v) is 4.59. The molecule has 3 atom stereocenters. The normalized spacial score (nSPS) is 22.4. The largest absolute Gasteiger partial charge is 0.307 e. The third kappa shape index (κ3) is 9.93. The lowest BCUT2D eigenvalue weighted by atomic mass is 10.1. The van der Waals surface area contributed by atoms with Crippen molar-refractivity contribution in [2.24, 2.45) is 4.99 Å². The van der Waals surface area contributed by atoms with Gasteiger partial charge in [0.2, 0.25) is 5.91 Å². The summed E-state index contributed by atoms with van der Waals surface area (Å²) in [5.74, 6) is 0.0467. The number of hydrogen-bond acceptors (Lipinski definition) is 2. The molecule has 0 bridgehead atoms. The van der Waals surface area contributed by atoms with Crippen molar-refractivity contribution in [3.63, 3.8) is 0 Å². The summed E-state index contributed by atoms with van der Waals surface area (Å²) < 4.78 is 0.853. The predicted octanol–water partition coefficient (Wildman–Crippen LogP) is 6.36. The molecule has 1 N–H and O–H groups in total. The molecule has 4 heteroatoms. The Hall–Kier alpha value is -1.16. The van der Waals surface area contributed by atoms with Gasteiger partial charge in [0.05, 0.1) is 12.8 Å². The minimum Gasteiger partial charge on any atom is -0.307 e. The van der Waals surface area contributed by atoms with Crippen molar-refractivity contribution >= 4 is 12.1 Å². The highest BCUT2D eigenvalue weighted by molar-refractivity contribution is 5.73. The van der Waals surface area contributed by atoms with Crippen LogP contribution >= 0.6 is 0 Å². The molecule has 1 aliphatic rings. The van der Waals surface area contributed by atoms with Crippen LogP contribution in [0.15, 0.2) is 17.1 Å². The number of carbonyl (C=O) groups excluding carboxylic acids is 1. The fourth-order valence-electron chi connectivity index (χ4n) is 4.59. The molecular formula is C25H48N3O+. The van der Waals surface area contributed by atoms with Crippen LogP contribution in [0.3, 0.4) is 0 Å². The Morgan fingerprint density at radius 2 is 1.62 bits per heavy atom. The lowest BCUT2D eigenvalue weighted by Gasteiger charge is -2.42. The molecule has 0 aliphatic carbocycles. The molecule has 0 aromatic rings. The Morgan fingerprint density at radius 3 is 2.21 bits per heavy atom. The highest BCUT2D eigenvalue weighted by Crippen LogP contribution is 2.26. The Labute approximate surface area is 180 Å². The van der Waals surface area contributed by atoms with E-state index in [1.807, 2.05) is 0 Å². The second-order valence-electron chi connectivity index (χ2n) is 8.81. The van der Waals surface area contributed by atoms with Crippen molar-refractivity contribution in [1.29, 1.82) is 0 Å². The van der Waals surface area contributed by atoms with Gasteiger partial charge in [-0.15, -0.1) is 0 Å². The van der Waals surface area contributed by atoms with E-state index >= 15 is 0 Å². The molecule has 0 fully saturated rings. The molecule has 0 aromatic heterocycles. The molecule has 1 heterocycles. The summed E-state index contributed by atoms with van der Waals surface area (Å²) in [4.78, 5) is 16.2. The molecule has 0 saturated heterocycles. The predicted molar refractivity (Wildman–Crippen MR) is 126 cm³/mol. The van der Waals surface area contributed by atoms with Crippen LogP contribution in [0.1, 0.15) is 111 Å². The first-order chi connectivity index (χ1) is 14.1. The second kappa shape index (κ2) is 15.6. The molecule has 0 spiro atoms. The molecule has 1 aliphatic heterocycles. The summed E-state index contributed by atoms with van der Waals surface area (Å²) in [7, 11) is 0. The van der Waals surface area contributed by atoms with Gasteiger partial charge in [-0.25, -0.2) is 4.99 Å². The Kier molecular flexibility index (Phi) is 14.0. The first-order valence-electron chi connectivity index (χ1n) is 12.4. The number of aliphatic imine (C=N–C) groups is 1. The summed E-state index contributed by atoms with van der Waals surface area (Å²) in [6, 6.07) is 0. The maximum atomic E-state index is 11.5. The van der Waals surface area contributed by atoms with Crippen LogP contribution in [0.5, 0.6) is 0 Å². The zero-order valence-electron chi connectivity index (χ0n) is 19.8. The van der Waals surface area contributed by atoms with Crippen molar-refractivity contribution in [2.75, 3.05) is 13.1 Å². The molecule has 1 rings (SSSR count). The molecular weight excluding hydrogens is 358 g/mol. The SMILES string of the molecule is CCCCCCCCCCCC/C=C/CCC1N=CC[N+]1(CC)C(C)NC(C)=O. The van der Waals surface area contributed by atoms with E-state index in [1.54, 1.807) is 6.92 Å². The summed E-state index contributed by atoms with van der Waals surface area (Å²) in [5, 5.41) is 3.09. The van der Waals surface area contributed by atoms with Gasteiger partial charge >= 0.3 is 0 Å². The van der Waals surface area contributed by atoms with E-state index in [4.69, 9.17) is 4.99 Å². The maximum Gasteiger partial charge on any atom is 0.221 e. The van der Waals surface area contributed by atoms with Crippen LogP contribution in [-0.4, -0.2) is 42.0 Å². The van der Waals surface area contributed by atoms with Crippen molar-refractivity contribution in [3.8, 4) is 0 Å². The van der Waals surface area contributed by atoms with E-state index in [0.29, 0.717) is 0 Å². The number of carbonyl (C=O) groups is 1. The van der Waals surface area contributed by atoms with Crippen LogP contribution in [0, 0.1) is 0 Å². The van der Waals surface area contributed by atoms with Gasteiger partial charge in [-0.05, 0) is 26.2 Å². The van der Waals surface area contributed by atoms with E-state index in [-0.39, 0.29) is 18.2 Å². The lowest BCUT2D eigenvalue weighted by Crippen LogP contribution is -2.63. The minimum atomic E-state index is 0.0467. The number of quaternary nitrogens is 1. The third-order valence-electron chi connectivity index (χ3n) is 6.55. The van der Waals surface area contributed by atoms with Gasteiger partial charge in [-0.2, -0.15) is 0 Å². The van der Waals surface area contributed by atoms with E-state index < -0.39 is 0 Å². The van der Waals surface area contributed by atoms with Crippen molar-refractivity contribution in [3.05, 3.63) is 12.2 Å². The van der Waals surface area contributed by atoms with E-state index in [2.05, 4.69) is 44.5 Å². The number of nitrogens with one attached hydrogen (secondary N) is 1. The lowest BCUT2D eigenvalue weighted by molar-refractivity contribution is -0.959. The van der Waals surface area contributed by atoms with E-state index in [9.17, 15) is 4.79 Å². The molecule has 0 radical (unpaired) electrons. The van der Waals surface area contributed by atoms with Crippen molar-refractivity contribution in [2.45, 2.75) is 123 Å². The Bertz CT molecular complexity index is 488. The molecule has 4 nitrogen and oxygen atoms in total. The fraction of sp³-hybridized carbons (Fsp3) is 0.840. The average molecular weight is 407 g/mol. The van der Waals surface area contributed by atoms with Crippen LogP contribution in [0.25, 0.3) is 0 Å². The maximum absolute atomic E-state index is 11.5. The van der Waals surface area contributed by atoms with Gasteiger partial charge in [-0.1, -0.05) is 76.9 Å². The zero-order chi connectivity index (χ0) is 21.4. The molecule has 29 heavy (non-hydrogen) atoms. The van der Waals surface area contributed by atoms with Gasteiger partial charge in [-0.3, -0.25) is 9.28 Å². The molecule has 168 valence electrons. The quantitative estimate of drug-likeness (QED) is 0.170. The summed E-state index contributed by atoms with van der Waals surface area (Å²) in [6.07, 6.45) is 24.5. The summed E-state index contributed by atoms with van der Waals surface area (Å²) >= 11 is 0. The van der Waals surface area contributed by atoms with Crippen molar-refractivity contribution in [1.82, 2.24) is 5.32 Å². The van der Waals surface area contributed by atoms with E-state index in [1.165, 1.54) is 70.6 Å². The van der Waals surface area contributed by atoms with Crippen LogP contribution < -0.4 is 5.32 Å². The second-order valence-corrected chi connectivity index (χ2v) is 8.81. The smallest absolute Gasteiger partial charge is 0.221 e. The van der Waals surface area contributed by atoms with Crippen molar-refractivity contribution < 1.29 is 9.28 Å². The highest BCUT2D eigenvalue weighted by Gasteiger charge is 2.42. The molecule has 0 saturated carbocycles. The van der Waals surface area contributed by atoms with Gasteiger partial charge in [0.15, 0.2) is 12.3 Å². The molecule has 3 unspecified atom stereocenters. The summed E-state index contributed by atoms with van der Waals surface area (Å²) in [6.45, 7) is 10.1. The van der Waals surface area contributed by atoms with Gasteiger partial charge in [0.25, 0.3) is 0 Å². The van der Waals surface area contributed by atoms with E-state index in [0.717, 1.165) is 30.4 Å². The van der Waals surface area contributed by atoms with Crippen LogP contribution in [0.4, 0.5) is 0 Å². The highest BCUT2D eigenvalue weighted by atomic mass is 16.1. The van der Waals surface area contributed by atoms with Gasteiger partial charge in [0, 0.05) is 20.3 Å². The number of allylic oxidation sites excluding steroid dienone is 2. The monoisotopic (exact) mass is 406 g/mol. The average Bonchev–Trinajstić information content (AvgIpc) is 3.12. The topological polar surface area (TPSA) is 41.5 Å². The van der Waals surface area contributed by atoms with Crippen LogP contribution in [0.2, 0.25) is 0 Å². The van der Waals surface area contributed by atoms with Gasteiger partial charge < -0.3 is 5.32 Å². The number of amides is 1. The third-order valence-corrected chi connectivity index (χ3v) is 6.55. The molecule has 0 aromatic carbocycles. The Morgan fingerprint density at radius 1 is 1.03 bits per heavy atom. The Balaban J connectivity index is 2.12.